The fourth-order valence-corrected chi connectivity index (χ4v) is 0.753. The maximum absolute atomic E-state index is 10.0. The molecule has 1 rings (SSSR count). The zero-order chi connectivity index (χ0) is 7.40. The average Bonchev–Trinajstić information content (AvgIpc) is 1.88. The second-order valence-corrected chi connectivity index (χ2v) is 2.20. The van der Waals surface area contributed by atoms with Gasteiger partial charge in [-0.05, 0) is 0 Å². The molecule has 0 amide bonds. The topological polar surface area (TPSA) is 72.0 Å². The summed E-state index contributed by atoms with van der Waals surface area (Å²) < 4.78 is 22.1. The van der Waals surface area contributed by atoms with E-state index in [1.165, 1.54) is 18.6 Å². The average molecular weight is 159 g/mol. The fraction of sp³-hybridized carbons (Fsp3) is 0. The number of rotatable bonds is 2. The Balaban J connectivity index is 2.77. The molecular weight excluding hydrogens is 154 g/mol. The zero-order valence-electron chi connectivity index (χ0n) is 4.89. The summed E-state index contributed by atoms with van der Waals surface area (Å²) in [6, 6.07) is 0. The third-order valence-corrected chi connectivity index (χ3v) is 1.18. The highest BCUT2D eigenvalue weighted by atomic mass is 32.2. The van der Waals surface area contributed by atoms with Crippen LogP contribution in [0.25, 0.3) is 0 Å². The van der Waals surface area contributed by atoms with E-state index in [2.05, 4.69) is 14.7 Å². The van der Waals surface area contributed by atoms with Gasteiger partial charge < -0.3 is 0 Å². The van der Waals surface area contributed by atoms with Crippen molar-refractivity contribution in [3.8, 4) is 0 Å². The van der Waals surface area contributed by atoms with Gasteiger partial charge in [0.1, 0.15) is 0 Å². The third kappa shape index (κ3) is 1.98. The van der Waals surface area contributed by atoms with E-state index in [1.807, 2.05) is 0 Å². The van der Waals surface area contributed by atoms with Gasteiger partial charge in [0.15, 0.2) is 5.82 Å². The Kier molecular flexibility index (Phi) is 2.16. The number of thiol groups is 1. The lowest BCUT2D eigenvalue weighted by Crippen LogP contribution is -1.96. The summed E-state index contributed by atoms with van der Waals surface area (Å²) in [6.07, 6.45) is 4.19. The standard InChI is InChI=1S/C4H5N3O2S/c8-10(9)7-4-3-5-1-2-6-4/h1-3,10H,(H,6,7,8,9). The molecule has 0 saturated heterocycles. The van der Waals surface area contributed by atoms with Gasteiger partial charge in [-0.3, -0.25) is 9.71 Å². The largest absolute Gasteiger partial charge is 0.268 e. The first-order chi connectivity index (χ1) is 4.79. The van der Waals surface area contributed by atoms with Crippen LogP contribution in [0.4, 0.5) is 5.82 Å². The van der Waals surface area contributed by atoms with Crippen LogP contribution in [0.2, 0.25) is 0 Å². The summed E-state index contributed by atoms with van der Waals surface area (Å²) in [7, 11) is -2.63. The van der Waals surface area contributed by atoms with E-state index in [0.717, 1.165) is 0 Å². The van der Waals surface area contributed by atoms with Gasteiger partial charge in [-0.15, -0.1) is 0 Å². The molecule has 0 aromatic carbocycles. The van der Waals surface area contributed by atoms with Crippen molar-refractivity contribution in [3.63, 3.8) is 0 Å². The van der Waals surface area contributed by atoms with Gasteiger partial charge in [-0.1, -0.05) is 0 Å². The van der Waals surface area contributed by atoms with E-state index < -0.39 is 10.9 Å². The molecule has 54 valence electrons. The van der Waals surface area contributed by atoms with E-state index in [4.69, 9.17) is 0 Å². The molecule has 0 spiro atoms. The number of anilines is 1. The molecule has 0 aliphatic carbocycles. The minimum absolute atomic E-state index is 0.235. The molecule has 6 heteroatoms. The van der Waals surface area contributed by atoms with Crippen molar-refractivity contribution in [2.75, 3.05) is 4.72 Å². The molecule has 0 atom stereocenters. The molecular formula is C4H5N3O2S. The van der Waals surface area contributed by atoms with Crippen LogP contribution in [0.15, 0.2) is 18.6 Å². The Morgan fingerprint density at radius 3 is 2.70 bits per heavy atom. The minimum Gasteiger partial charge on any atom is -0.268 e. The Labute approximate surface area is 59.2 Å². The van der Waals surface area contributed by atoms with Crippen LogP contribution < -0.4 is 4.72 Å². The SMILES string of the molecule is O=[SH](=O)Nc1cnccn1. The molecule has 1 aromatic heterocycles. The minimum atomic E-state index is -2.63. The van der Waals surface area contributed by atoms with E-state index in [9.17, 15) is 8.42 Å². The second-order valence-electron chi connectivity index (χ2n) is 1.46. The van der Waals surface area contributed by atoms with E-state index >= 15 is 0 Å². The maximum Gasteiger partial charge on any atom is 0.223 e. The van der Waals surface area contributed by atoms with E-state index in [0.29, 0.717) is 0 Å². The van der Waals surface area contributed by atoms with Gasteiger partial charge in [0, 0.05) is 12.4 Å². The summed E-state index contributed by atoms with van der Waals surface area (Å²) in [6.45, 7) is 0. The van der Waals surface area contributed by atoms with Crippen LogP contribution in [0.1, 0.15) is 0 Å². The van der Waals surface area contributed by atoms with Gasteiger partial charge in [-0.25, -0.2) is 13.4 Å². The van der Waals surface area contributed by atoms with Crippen LogP contribution in [0.3, 0.4) is 0 Å². The van der Waals surface area contributed by atoms with Crippen molar-refractivity contribution in [1.29, 1.82) is 0 Å². The Hall–Kier alpha value is -1.17. The lowest BCUT2D eigenvalue weighted by molar-refractivity contribution is 0.619. The number of hydrogen-bond donors (Lipinski definition) is 2. The van der Waals surface area contributed by atoms with E-state index in [-0.39, 0.29) is 5.82 Å². The third-order valence-electron chi connectivity index (χ3n) is 0.769. The Morgan fingerprint density at radius 1 is 1.40 bits per heavy atom. The smallest absolute Gasteiger partial charge is 0.223 e. The van der Waals surface area contributed by atoms with Gasteiger partial charge in [-0.2, -0.15) is 0 Å². The molecule has 0 aliphatic rings. The molecule has 1 N–H and O–H groups in total. The monoisotopic (exact) mass is 159 g/mol. The van der Waals surface area contributed by atoms with Gasteiger partial charge >= 0.3 is 0 Å². The molecule has 10 heavy (non-hydrogen) atoms. The summed E-state index contributed by atoms with van der Waals surface area (Å²) in [5.74, 6) is 0.235. The quantitative estimate of drug-likeness (QED) is 0.566. The van der Waals surface area contributed by atoms with Crippen LogP contribution in [0, 0.1) is 0 Å². The van der Waals surface area contributed by atoms with Crippen molar-refractivity contribution in [2.45, 2.75) is 0 Å². The molecule has 1 aromatic rings. The predicted octanol–water partition coefficient (Wildman–Crippen LogP) is -0.585. The molecule has 1 heterocycles. The van der Waals surface area contributed by atoms with Crippen LogP contribution in [0.5, 0.6) is 0 Å². The van der Waals surface area contributed by atoms with Crippen LogP contribution in [-0.2, 0) is 10.9 Å². The van der Waals surface area contributed by atoms with Crippen molar-refractivity contribution >= 4 is 16.7 Å². The van der Waals surface area contributed by atoms with Crippen LogP contribution in [-0.4, -0.2) is 18.4 Å². The van der Waals surface area contributed by atoms with Gasteiger partial charge in [0.25, 0.3) is 0 Å². The highest BCUT2D eigenvalue weighted by molar-refractivity contribution is 7.73. The first-order valence-electron chi connectivity index (χ1n) is 2.46. The Morgan fingerprint density at radius 2 is 2.20 bits per heavy atom. The summed E-state index contributed by atoms with van der Waals surface area (Å²) >= 11 is 0. The normalized spacial score (nSPS) is 9.70. The highest BCUT2D eigenvalue weighted by Gasteiger charge is 1.88. The number of hydrogen-bond acceptors (Lipinski definition) is 4. The first-order valence-corrected chi connectivity index (χ1v) is 3.64. The molecule has 0 fully saturated rings. The molecule has 0 bridgehead atoms. The second kappa shape index (κ2) is 3.11. The van der Waals surface area contributed by atoms with Gasteiger partial charge in [0.05, 0.1) is 6.20 Å². The molecule has 0 radical (unpaired) electrons. The number of nitrogens with one attached hydrogen (secondary N) is 1. The van der Waals surface area contributed by atoms with Crippen molar-refractivity contribution < 1.29 is 8.42 Å². The fourth-order valence-electron chi connectivity index (χ4n) is 0.450. The lowest BCUT2D eigenvalue weighted by Gasteiger charge is -1.92. The van der Waals surface area contributed by atoms with Crippen molar-refractivity contribution in [1.82, 2.24) is 9.97 Å². The molecule has 0 unspecified atom stereocenters. The summed E-state index contributed by atoms with van der Waals surface area (Å²) in [5, 5.41) is 0. The highest BCUT2D eigenvalue weighted by Crippen LogP contribution is 1.94. The Bertz CT molecular complexity index is 263. The predicted molar refractivity (Wildman–Crippen MR) is 36.0 cm³/mol. The van der Waals surface area contributed by atoms with Crippen LogP contribution >= 0.6 is 0 Å². The zero-order valence-corrected chi connectivity index (χ0v) is 5.78. The lowest BCUT2D eigenvalue weighted by atomic mass is 10.7. The van der Waals surface area contributed by atoms with Gasteiger partial charge in [0.2, 0.25) is 10.9 Å². The number of nitrogens with zero attached hydrogens (tertiary/aromatic N) is 2. The van der Waals surface area contributed by atoms with Crippen molar-refractivity contribution in [2.24, 2.45) is 0 Å². The maximum atomic E-state index is 10.0. The molecule has 0 saturated carbocycles. The molecule has 0 aliphatic heterocycles. The first kappa shape index (κ1) is 6.94. The number of aromatic nitrogens is 2. The van der Waals surface area contributed by atoms with E-state index in [1.54, 1.807) is 0 Å². The van der Waals surface area contributed by atoms with Crippen molar-refractivity contribution in [3.05, 3.63) is 18.6 Å². The molecule has 5 nitrogen and oxygen atoms in total. The summed E-state index contributed by atoms with van der Waals surface area (Å²) in [4.78, 5) is 7.31. The summed E-state index contributed by atoms with van der Waals surface area (Å²) in [5.41, 5.74) is 0.